The van der Waals surface area contributed by atoms with Gasteiger partial charge < -0.3 is 4.74 Å². The lowest BCUT2D eigenvalue weighted by Gasteiger charge is -2.05. The first-order valence-electron chi connectivity index (χ1n) is 7.64. The molecule has 0 unspecified atom stereocenters. The predicted molar refractivity (Wildman–Crippen MR) is 77.2 cm³/mol. The maximum absolute atomic E-state index is 5.63. The lowest BCUT2D eigenvalue weighted by molar-refractivity contribution is 0.236. The molecule has 0 heterocycles. The van der Waals surface area contributed by atoms with Gasteiger partial charge in [0.05, 0.1) is 12.9 Å². The van der Waals surface area contributed by atoms with Crippen LogP contribution in [-0.2, 0) is 4.74 Å². The first-order valence-corrected chi connectivity index (χ1v) is 7.64. The second-order valence-electron chi connectivity index (χ2n) is 4.87. The number of hydrogen-bond acceptors (Lipinski definition) is 1. The molecule has 0 aromatic rings. The summed E-state index contributed by atoms with van der Waals surface area (Å²) < 4.78 is 5.63. The van der Waals surface area contributed by atoms with E-state index < -0.39 is 0 Å². The Labute approximate surface area is 109 Å². The molecule has 0 N–H and O–H groups in total. The fraction of sp³-hybridized carbons (Fsp3) is 0.875. The van der Waals surface area contributed by atoms with Crippen molar-refractivity contribution in [2.45, 2.75) is 85.0 Å². The van der Waals surface area contributed by atoms with Crippen LogP contribution in [0.3, 0.4) is 0 Å². The number of rotatable bonds is 12. The van der Waals surface area contributed by atoms with Crippen LogP contribution in [0.5, 0.6) is 0 Å². The molecule has 0 spiro atoms. The Kier molecular flexibility index (Phi) is 13.2. The van der Waals surface area contributed by atoms with Gasteiger partial charge in [0.25, 0.3) is 0 Å². The molecule has 0 radical (unpaired) electrons. The van der Waals surface area contributed by atoms with Gasteiger partial charge in [0.1, 0.15) is 0 Å². The molecule has 0 saturated heterocycles. The van der Waals surface area contributed by atoms with E-state index in [2.05, 4.69) is 20.8 Å². The normalized spacial score (nSPS) is 11.8. The Balaban J connectivity index is 3.36. The van der Waals surface area contributed by atoms with E-state index in [9.17, 15) is 0 Å². The minimum absolute atomic E-state index is 0.905. The third-order valence-corrected chi connectivity index (χ3v) is 3.17. The van der Waals surface area contributed by atoms with Crippen molar-refractivity contribution in [1.29, 1.82) is 0 Å². The lowest BCUT2D eigenvalue weighted by atomic mass is 10.1. The fourth-order valence-corrected chi connectivity index (χ4v) is 1.87. The fourth-order valence-electron chi connectivity index (χ4n) is 1.87. The SMILES string of the molecule is CCCCCCCCOC=C(CC)CCCC. The van der Waals surface area contributed by atoms with Gasteiger partial charge in [-0.05, 0) is 31.3 Å². The summed E-state index contributed by atoms with van der Waals surface area (Å²) >= 11 is 0. The summed E-state index contributed by atoms with van der Waals surface area (Å²) in [6.45, 7) is 7.62. The molecule has 0 rings (SSSR count). The van der Waals surface area contributed by atoms with Crippen molar-refractivity contribution < 1.29 is 4.74 Å². The lowest BCUT2D eigenvalue weighted by Crippen LogP contribution is -1.91. The van der Waals surface area contributed by atoms with Crippen LogP contribution in [0.15, 0.2) is 11.8 Å². The molecule has 0 fully saturated rings. The van der Waals surface area contributed by atoms with Gasteiger partial charge in [-0.15, -0.1) is 0 Å². The number of unbranched alkanes of at least 4 members (excludes halogenated alkanes) is 6. The van der Waals surface area contributed by atoms with Crippen molar-refractivity contribution in [3.8, 4) is 0 Å². The third-order valence-electron chi connectivity index (χ3n) is 3.17. The molecule has 17 heavy (non-hydrogen) atoms. The number of ether oxygens (including phenoxy) is 1. The Morgan fingerprint density at radius 1 is 0.824 bits per heavy atom. The van der Waals surface area contributed by atoms with Crippen LogP contribution in [-0.4, -0.2) is 6.61 Å². The van der Waals surface area contributed by atoms with E-state index >= 15 is 0 Å². The highest BCUT2D eigenvalue weighted by Crippen LogP contribution is 2.11. The highest BCUT2D eigenvalue weighted by Gasteiger charge is 1.94. The zero-order chi connectivity index (χ0) is 12.8. The summed E-state index contributed by atoms with van der Waals surface area (Å²) in [6, 6.07) is 0. The molecule has 0 aliphatic rings. The van der Waals surface area contributed by atoms with Gasteiger partial charge >= 0.3 is 0 Å². The number of allylic oxidation sites excluding steroid dienone is 1. The molecule has 1 nitrogen and oxygen atoms in total. The van der Waals surface area contributed by atoms with Gasteiger partial charge in [-0.3, -0.25) is 0 Å². The monoisotopic (exact) mass is 240 g/mol. The topological polar surface area (TPSA) is 9.23 Å². The molecule has 0 atom stereocenters. The Hall–Kier alpha value is -0.460. The Morgan fingerprint density at radius 3 is 2.12 bits per heavy atom. The standard InChI is InChI=1S/C16H32O/c1-4-7-9-10-11-12-14-17-15-16(6-3)13-8-5-2/h15H,4-14H2,1-3H3. The molecule has 0 saturated carbocycles. The zero-order valence-corrected chi connectivity index (χ0v) is 12.3. The molecule has 102 valence electrons. The number of hydrogen-bond donors (Lipinski definition) is 0. The minimum Gasteiger partial charge on any atom is -0.501 e. The zero-order valence-electron chi connectivity index (χ0n) is 12.3. The first kappa shape index (κ1) is 16.5. The molecule has 0 bridgehead atoms. The summed E-state index contributed by atoms with van der Waals surface area (Å²) in [5.74, 6) is 0. The Bertz CT molecular complexity index is 172. The molecule has 0 aromatic carbocycles. The predicted octanol–water partition coefficient (Wildman–Crippen LogP) is 5.85. The van der Waals surface area contributed by atoms with E-state index in [-0.39, 0.29) is 0 Å². The van der Waals surface area contributed by atoms with Gasteiger partial charge in [0.15, 0.2) is 0 Å². The molecular formula is C16H32O. The Morgan fingerprint density at radius 2 is 1.47 bits per heavy atom. The van der Waals surface area contributed by atoms with E-state index in [1.807, 2.05) is 6.26 Å². The smallest absolute Gasteiger partial charge is 0.0873 e. The van der Waals surface area contributed by atoms with Crippen molar-refractivity contribution in [3.63, 3.8) is 0 Å². The van der Waals surface area contributed by atoms with Crippen molar-refractivity contribution in [2.75, 3.05) is 6.61 Å². The second-order valence-corrected chi connectivity index (χ2v) is 4.87. The first-order chi connectivity index (χ1) is 8.35. The van der Waals surface area contributed by atoms with Crippen LogP contribution in [0.25, 0.3) is 0 Å². The molecule has 0 aliphatic carbocycles. The second kappa shape index (κ2) is 13.6. The van der Waals surface area contributed by atoms with Crippen molar-refractivity contribution in [3.05, 3.63) is 11.8 Å². The highest BCUT2D eigenvalue weighted by molar-refractivity contribution is 4.96. The summed E-state index contributed by atoms with van der Waals surface area (Å²) in [4.78, 5) is 0. The van der Waals surface area contributed by atoms with Gasteiger partial charge in [-0.1, -0.05) is 59.3 Å². The van der Waals surface area contributed by atoms with Gasteiger partial charge in [-0.2, -0.15) is 0 Å². The summed E-state index contributed by atoms with van der Waals surface area (Å²) in [7, 11) is 0. The van der Waals surface area contributed by atoms with Gasteiger partial charge in [0, 0.05) is 0 Å². The van der Waals surface area contributed by atoms with E-state index in [1.165, 1.54) is 63.4 Å². The van der Waals surface area contributed by atoms with Crippen LogP contribution in [0.1, 0.15) is 85.0 Å². The van der Waals surface area contributed by atoms with E-state index in [1.54, 1.807) is 0 Å². The molecule has 0 aliphatic heterocycles. The van der Waals surface area contributed by atoms with Crippen molar-refractivity contribution in [2.24, 2.45) is 0 Å². The molecule has 0 aromatic heterocycles. The van der Waals surface area contributed by atoms with E-state index in [0.29, 0.717) is 0 Å². The van der Waals surface area contributed by atoms with Crippen LogP contribution in [0.2, 0.25) is 0 Å². The molecule has 1 heteroatoms. The largest absolute Gasteiger partial charge is 0.501 e. The quantitative estimate of drug-likeness (QED) is 0.307. The van der Waals surface area contributed by atoms with E-state index in [0.717, 1.165) is 13.0 Å². The summed E-state index contributed by atoms with van der Waals surface area (Å²) in [5, 5.41) is 0. The average molecular weight is 240 g/mol. The van der Waals surface area contributed by atoms with Crippen LogP contribution < -0.4 is 0 Å². The van der Waals surface area contributed by atoms with Gasteiger partial charge in [0.2, 0.25) is 0 Å². The van der Waals surface area contributed by atoms with Gasteiger partial charge in [-0.25, -0.2) is 0 Å². The maximum Gasteiger partial charge on any atom is 0.0873 e. The summed E-state index contributed by atoms with van der Waals surface area (Å²) in [5.41, 5.74) is 1.47. The van der Waals surface area contributed by atoms with Crippen LogP contribution in [0, 0.1) is 0 Å². The van der Waals surface area contributed by atoms with Crippen molar-refractivity contribution in [1.82, 2.24) is 0 Å². The van der Waals surface area contributed by atoms with Crippen molar-refractivity contribution >= 4 is 0 Å². The summed E-state index contributed by atoms with van der Waals surface area (Å²) in [6.07, 6.45) is 14.9. The minimum atomic E-state index is 0.905. The van der Waals surface area contributed by atoms with Crippen LogP contribution >= 0.6 is 0 Å². The molecule has 0 amide bonds. The molecular weight excluding hydrogens is 208 g/mol. The third kappa shape index (κ3) is 11.8. The maximum atomic E-state index is 5.63. The van der Waals surface area contributed by atoms with E-state index in [4.69, 9.17) is 4.74 Å². The average Bonchev–Trinajstić information content (AvgIpc) is 2.36. The highest BCUT2D eigenvalue weighted by atomic mass is 16.5. The van der Waals surface area contributed by atoms with Crippen LogP contribution in [0.4, 0.5) is 0 Å².